The summed E-state index contributed by atoms with van der Waals surface area (Å²) in [5.74, 6) is 2.90. The molecule has 0 aliphatic carbocycles. The van der Waals surface area contributed by atoms with Crippen molar-refractivity contribution in [2.24, 2.45) is 5.73 Å². The summed E-state index contributed by atoms with van der Waals surface area (Å²) < 4.78 is 6.17. The number of ether oxygens (including phenoxy) is 1. The third-order valence-corrected chi connectivity index (χ3v) is 5.35. The molecule has 0 unspecified atom stereocenters. The molecule has 0 saturated carbocycles. The van der Waals surface area contributed by atoms with Gasteiger partial charge in [0.2, 0.25) is 5.88 Å². The van der Waals surface area contributed by atoms with Crippen molar-refractivity contribution in [2.45, 2.75) is 39.2 Å². The molecule has 1 aliphatic heterocycles. The van der Waals surface area contributed by atoms with E-state index in [0.717, 1.165) is 37.2 Å². The SMILES string of the molecule is Cc1nc(Oc2cc(C#N)ccc2-c2ncc(CCN)cn2)cc(N2CCC[C@@H]2C)n1. The minimum absolute atomic E-state index is 0.428. The summed E-state index contributed by atoms with van der Waals surface area (Å²) in [5, 5.41) is 9.37. The smallest absolute Gasteiger partial charge is 0.224 e. The van der Waals surface area contributed by atoms with Crippen molar-refractivity contribution >= 4 is 5.82 Å². The standard InChI is InChI=1S/C23H25N7O/c1-15-4-3-9-30(15)21-11-22(29-16(2)28-21)31-20-10-17(12-25)5-6-19(20)23-26-13-18(7-8-24)14-27-23/h5-6,10-11,13-15H,3-4,7-9,24H2,1-2H3/t15-/m0/s1. The minimum atomic E-state index is 0.428. The fourth-order valence-corrected chi connectivity index (χ4v) is 3.76. The van der Waals surface area contributed by atoms with E-state index in [1.165, 1.54) is 0 Å². The molecule has 158 valence electrons. The van der Waals surface area contributed by atoms with Crippen LogP contribution in [0.4, 0.5) is 5.82 Å². The molecule has 0 amide bonds. The Morgan fingerprint density at radius 2 is 2.03 bits per heavy atom. The summed E-state index contributed by atoms with van der Waals surface area (Å²) in [6.45, 7) is 5.56. The molecule has 0 bridgehead atoms. The zero-order chi connectivity index (χ0) is 21.8. The molecule has 0 spiro atoms. The number of benzene rings is 1. The average Bonchev–Trinajstić information content (AvgIpc) is 3.20. The van der Waals surface area contributed by atoms with Gasteiger partial charge in [-0.05, 0) is 63.4 Å². The lowest BCUT2D eigenvalue weighted by Gasteiger charge is -2.23. The van der Waals surface area contributed by atoms with E-state index in [9.17, 15) is 5.26 Å². The summed E-state index contributed by atoms with van der Waals surface area (Å²) in [7, 11) is 0. The van der Waals surface area contributed by atoms with Gasteiger partial charge in [-0.25, -0.2) is 15.0 Å². The maximum atomic E-state index is 9.37. The van der Waals surface area contributed by atoms with Crippen LogP contribution in [0.2, 0.25) is 0 Å². The zero-order valence-corrected chi connectivity index (χ0v) is 17.7. The van der Waals surface area contributed by atoms with Gasteiger partial charge in [0, 0.05) is 31.0 Å². The first-order chi connectivity index (χ1) is 15.1. The number of aromatic nitrogens is 4. The van der Waals surface area contributed by atoms with E-state index < -0.39 is 0 Å². The third-order valence-electron chi connectivity index (χ3n) is 5.35. The summed E-state index contributed by atoms with van der Waals surface area (Å²) in [6, 6.07) is 9.64. The van der Waals surface area contributed by atoms with Gasteiger partial charge in [-0.3, -0.25) is 0 Å². The molecule has 8 heteroatoms. The second-order valence-corrected chi connectivity index (χ2v) is 7.67. The zero-order valence-electron chi connectivity index (χ0n) is 17.7. The Morgan fingerprint density at radius 3 is 2.71 bits per heavy atom. The summed E-state index contributed by atoms with van der Waals surface area (Å²) in [4.78, 5) is 20.3. The number of nitrogens with zero attached hydrogens (tertiary/aromatic N) is 6. The molecule has 1 aliphatic rings. The lowest BCUT2D eigenvalue weighted by Crippen LogP contribution is -2.27. The number of nitriles is 1. The molecule has 4 rings (SSSR count). The van der Waals surface area contributed by atoms with E-state index in [-0.39, 0.29) is 0 Å². The van der Waals surface area contributed by atoms with Crippen molar-refractivity contribution in [3.63, 3.8) is 0 Å². The predicted octanol–water partition coefficient (Wildman–Crippen LogP) is 3.40. The second-order valence-electron chi connectivity index (χ2n) is 7.67. The first-order valence-electron chi connectivity index (χ1n) is 10.4. The van der Waals surface area contributed by atoms with E-state index in [2.05, 4.69) is 37.8 Å². The van der Waals surface area contributed by atoms with Crippen molar-refractivity contribution in [3.8, 4) is 29.1 Å². The number of rotatable bonds is 6. The first-order valence-corrected chi connectivity index (χ1v) is 10.4. The molecular weight excluding hydrogens is 390 g/mol. The van der Waals surface area contributed by atoms with Crippen LogP contribution in [-0.2, 0) is 6.42 Å². The fraction of sp³-hybridized carbons (Fsp3) is 0.348. The molecule has 2 aromatic heterocycles. The predicted molar refractivity (Wildman–Crippen MR) is 118 cm³/mol. The van der Waals surface area contributed by atoms with Crippen LogP contribution < -0.4 is 15.4 Å². The van der Waals surface area contributed by atoms with Crippen LogP contribution in [0, 0.1) is 18.3 Å². The van der Waals surface area contributed by atoms with Gasteiger partial charge in [-0.2, -0.15) is 10.2 Å². The Morgan fingerprint density at radius 1 is 1.23 bits per heavy atom. The van der Waals surface area contributed by atoms with Crippen LogP contribution in [0.15, 0.2) is 36.7 Å². The van der Waals surface area contributed by atoms with Crippen molar-refractivity contribution in [1.82, 2.24) is 19.9 Å². The van der Waals surface area contributed by atoms with Gasteiger partial charge in [0.15, 0.2) is 5.82 Å². The minimum Gasteiger partial charge on any atom is -0.438 e. The van der Waals surface area contributed by atoms with Crippen LogP contribution in [-0.4, -0.2) is 39.1 Å². The fourth-order valence-electron chi connectivity index (χ4n) is 3.76. The Labute approximate surface area is 181 Å². The second kappa shape index (κ2) is 9.06. The molecular formula is C23H25N7O. The first kappa shape index (κ1) is 20.7. The van der Waals surface area contributed by atoms with Crippen LogP contribution in [0.3, 0.4) is 0 Å². The van der Waals surface area contributed by atoms with Gasteiger partial charge < -0.3 is 15.4 Å². The van der Waals surface area contributed by atoms with Gasteiger partial charge in [-0.1, -0.05) is 0 Å². The van der Waals surface area contributed by atoms with E-state index in [1.807, 2.05) is 13.0 Å². The average molecular weight is 416 g/mol. The van der Waals surface area contributed by atoms with Crippen molar-refractivity contribution < 1.29 is 4.74 Å². The lowest BCUT2D eigenvalue weighted by molar-refractivity contribution is 0.460. The highest BCUT2D eigenvalue weighted by molar-refractivity contribution is 5.66. The summed E-state index contributed by atoms with van der Waals surface area (Å²) >= 11 is 0. The van der Waals surface area contributed by atoms with Crippen molar-refractivity contribution in [3.05, 3.63) is 53.6 Å². The Balaban J connectivity index is 1.69. The van der Waals surface area contributed by atoms with Crippen molar-refractivity contribution in [1.29, 1.82) is 5.26 Å². The summed E-state index contributed by atoms with van der Waals surface area (Å²) in [6.07, 6.45) is 6.53. The molecule has 3 heterocycles. The van der Waals surface area contributed by atoms with Crippen molar-refractivity contribution in [2.75, 3.05) is 18.0 Å². The van der Waals surface area contributed by atoms with E-state index in [4.69, 9.17) is 10.5 Å². The maximum Gasteiger partial charge on any atom is 0.224 e. The normalized spacial score (nSPS) is 15.7. The van der Waals surface area contributed by atoms with Gasteiger partial charge in [0.1, 0.15) is 17.4 Å². The van der Waals surface area contributed by atoms with Crippen LogP contribution in [0.5, 0.6) is 11.6 Å². The number of nitrogens with two attached hydrogens (primary N) is 1. The molecule has 1 fully saturated rings. The van der Waals surface area contributed by atoms with Crippen LogP contribution in [0.1, 0.15) is 36.7 Å². The van der Waals surface area contributed by atoms with Gasteiger partial charge in [0.05, 0.1) is 17.2 Å². The molecule has 31 heavy (non-hydrogen) atoms. The van der Waals surface area contributed by atoms with Gasteiger partial charge in [-0.15, -0.1) is 0 Å². The lowest BCUT2D eigenvalue weighted by atomic mass is 10.1. The van der Waals surface area contributed by atoms with E-state index >= 15 is 0 Å². The molecule has 1 aromatic carbocycles. The highest BCUT2D eigenvalue weighted by Crippen LogP contribution is 2.33. The molecule has 1 saturated heterocycles. The molecule has 8 nitrogen and oxygen atoms in total. The number of hydrogen-bond donors (Lipinski definition) is 1. The quantitative estimate of drug-likeness (QED) is 0.651. The number of aryl methyl sites for hydroxylation is 1. The Hall–Kier alpha value is -3.57. The number of anilines is 1. The molecule has 1 atom stereocenters. The molecule has 2 N–H and O–H groups in total. The largest absolute Gasteiger partial charge is 0.438 e. The highest BCUT2D eigenvalue weighted by Gasteiger charge is 2.23. The third kappa shape index (κ3) is 4.62. The molecule has 3 aromatic rings. The Kier molecular flexibility index (Phi) is 6.05. The van der Waals surface area contributed by atoms with Crippen LogP contribution >= 0.6 is 0 Å². The highest BCUT2D eigenvalue weighted by atomic mass is 16.5. The van der Waals surface area contributed by atoms with E-state index in [0.29, 0.717) is 47.0 Å². The Bertz CT molecular complexity index is 1110. The van der Waals surface area contributed by atoms with Crippen LogP contribution in [0.25, 0.3) is 11.4 Å². The van der Waals surface area contributed by atoms with Gasteiger partial charge >= 0.3 is 0 Å². The molecule has 0 radical (unpaired) electrons. The summed E-state index contributed by atoms with van der Waals surface area (Å²) in [5.41, 5.74) is 7.75. The van der Waals surface area contributed by atoms with Gasteiger partial charge in [0.25, 0.3) is 0 Å². The topological polar surface area (TPSA) is 114 Å². The van der Waals surface area contributed by atoms with E-state index in [1.54, 1.807) is 30.6 Å². The number of hydrogen-bond acceptors (Lipinski definition) is 8. The monoisotopic (exact) mass is 415 g/mol. The maximum absolute atomic E-state index is 9.37.